The van der Waals surface area contributed by atoms with E-state index in [-0.39, 0.29) is 22.2 Å². The number of aliphatic carboxylic acids is 1. The molecule has 2 amide bonds. The number of fused-ring (bicyclic) bond motifs is 1. The van der Waals surface area contributed by atoms with Crippen molar-refractivity contribution in [3.05, 3.63) is 26.7 Å². The summed E-state index contributed by atoms with van der Waals surface area (Å²) < 4.78 is 0.789. The highest BCUT2D eigenvalue weighted by Crippen LogP contribution is 2.42. The van der Waals surface area contributed by atoms with Crippen molar-refractivity contribution in [2.45, 2.75) is 36.2 Å². The van der Waals surface area contributed by atoms with Crippen molar-refractivity contribution in [2.24, 2.45) is 5.16 Å². The molecular weight excluding hydrogens is 510 g/mol. The number of nitrogens with one attached hydrogen (secondary N) is 1. The van der Waals surface area contributed by atoms with Gasteiger partial charge in [0.05, 0.1) is 11.1 Å². The maximum Gasteiger partial charge on any atom is 0.353 e. The molecule has 5 N–H and O–H groups in total. The second-order valence-corrected chi connectivity index (χ2v) is 11.6. The summed E-state index contributed by atoms with van der Waals surface area (Å²) in [6, 6.07) is -1.43. The number of carbonyl (C=O) groups excluding carboxylic acids is 2. The van der Waals surface area contributed by atoms with Crippen molar-refractivity contribution < 1.29 is 24.7 Å². The predicted octanol–water partition coefficient (Wildman–Crippen LogP) is 1.33. The second kappa shape index (κ2) is 9.66. The summed E-state index contributed by atoms with van der Waals surface area (Å²) in [5.41, 5.74) is 5.19. The Morgan fingerprint density at radius 3 is 2.79 bits per heavy atom. The van der Waals surface area contributed by atoms with E-state index in [9.17, 15) is 24.7 Å². The number of thiazole rings is 1. The summed E-state index contributed by atoms with van der Waals surface area (Å²) >= 11 is 5.33. The number of nitrogen functional groups attached to an aromatic ring is 1. The molecule has 4 rings (SSSR count). The van der Waals surface area contributed by atoms with Crippen LogP contribution in [0.4, 0.5) is 5.13 Å². The largest absolute Gasteiger partial charge is 0.477 e. The molecule has 2 aromatic heterocycles. The van der Waals surface area contributed by atoms with Gasteiger partial charge >= 0.3 is 5.97 Å². The van der Waals surface area contributed by atoms with Gasteiger partial charge in [0.25, 0.3) is 11.8 Å². The highest BCUT2D eigenvalue weighted by Gasteiger charge is 2.53. The van der Waals surface area contributed by atoms with Gasteiger partial charge in [0.2, 0.25) is 0 Å². The third-order valence-corrected chi connectivity index (χ3v) is 8.81. The van der Waals surface area contributed by atoms with E-state index in [0.29, 0.717) is 22.8 Å². The van der Waals surface area contributed by atoms with Crippen molar-refractivity contribution in [3.63, 3.8) is 0 Å². The van der Waals surface area contributed by atoms with E-state index >= 15 is 0 Å². The fraction of sp³-hybridized carbons (Fsp3) is 0.353. The molecule has 0 aromatic carbocycles. The average molecular weight is 528 g/mol. The van der Waals surface area contributed by atoms with Crippen molar-refractivity contribution in [1.82, 2.24) is 25.4 Å². The van der Waals surface area contributed by atoms with E-state index < -0.39 is 29.9 Å². The molecule has 174 valence electrons. The van der Waals surface area contributed by atoms with E-state index in [4.69, 9.17) is 5.73 Å². The van der Waals surface area contributed by atoms with Gasteiger partial charge < -0.3 is 21.4 Å². The molecule has 0 radical (unpaired) electrons. The lowest BCUT2D eigenvalue weighted by Crippen LogP contribution is -2.72. The van der Waals surface area contributed by atoms with Crippen LogP contribution in [0.2, 0.25) is 0 Å². The Labute approximate surface area is 203 Å². The molecule has 0 spiro atoms. The van der Waals surface area contributed by atoms with Gasteiger partial charge in [-0.3, -0.25) is 14.5 Å². The Morgan fingerprint density at radius 1 is 1.39 bits per heavy atom. The number of thioether (sulfide) groups is 2. The quantitative estimate of drug-likeness (QED) is 0.0969. The molecule has 33 heavy (non-hydrogen) atoms. The lowest BCUT2D eigenvalue weighted by atomic mass is 9.86. The van der Waals surface area contributed by atoms with Crippen LogP contribution in [0.3, 0.4) is 0 Å². The number of aromatic nitrogens is 3. The van der Waals surface area contributed by atoms with Gasteiger partial charge in [-0.2, -0.15) is 0 Å². The number of carboxylic acids is 1. The highest BCUT2D eigenvalue weighted by molar-refractivity contribution is 8.18. The number of allylic oxidation sites excluding steroid dienone is 1. The van der Waals surface area contributed by atoms with Crippen molar-refractivity contribution in [3.8, 4) is 0 Å². The number of nitrogens with two attached hydrogens (primary N) is 1. The molecular formula is C17H17N7O5S4. The molecule has 0 unspecified atom stereocenters. The summed E-state index contributed by atoms with van der Waals surface area (Å²) in [6.45, 7) is 1.85. The zero-order valence-corrected chi connectivity index (χ0v) is 20.2. The number of nitrogens with zero attached hydrogens (tertiary/aromatic N) is 5. The maximum absolute atomic E-state index is 12.8. The number of amides is 2. The number of carbonyl (C=O) groups is 3. The Kier molecular flexibility index (Phi) is 6.87. The normalized spacial score (nSPS) is 20.5. The van der Waals surface area contributed by atoms with Crippen molar-refractivity contribution >= 4 is 74.8 Å². The van der Waals surface area contributed by atoms with Crippen LogP contribution in [0.5, 0.6) is 0 Å². The SMILES string of the molecule is Cc1nnc(SCSC2=C(C(=O)O)N3C(=O)[C@@H](NC(=O)/C(=N\O)c4csc(N)n4)[C@@H]3CC2)s1. The van der Waals surface area contributed by atoms with Crippen LogP contribution >= 0.6 is 46.2 Å². The van der Waals surface area contributed by atoms with E-state index in [1.165, 1.54) is 45.1 Å². The van der Waals surface area contributed by atoms with Gasteiger partial charge in [0, 0.05) is 10.3 Å². The smallest absolute Gasteiger partial charge is 0.353 e. The van der Waals surface area contributed by atoms with Crippen molar-refractivity contribution in [1.29, 1.82) is 0 Å². The van der Waals surface area contributed by atoms with E-state index in [0.717, 1.165) is 20.7 Å². The average Bonchev–Trinajstić information content (AvgIpc) is 3.39. The third kappa shape index (κ3) is 4.68. The zero-order valence-electron chi connectivity index (χ0n) is 16.9. The molecule has 2 atom stereocenters. The van der Waals surface area contributed by atoms with E-state index in [1.54, 1.807) is 0 Å². The minimum Gasteiger partial charge on any atom is -0.477 e. The number of hydrogen-bond donors (Lipinski definition) is 4. The molecule has 16 heteroatoms. The van der Waals surface area contributed by atoms with E-state index in [2.05, 4.69) is 25.7 Å². The lowest BCUT2D eigenvalue weighted by molar-refractivity contribution is -0.155. The molecule has 12 nitrogen and oxygen atoms in total. The van der Waals surface area contributed by atoms with Gasteiger partial charge in [-0.15, -0.1) is 33.3 Å². The summed E-state index contributed by atoms with van der Waals surface area (Å²) in [7, 11) is 0. The predicted molar refractivity (Wildman–Crippen MR) is 124 cm³/mol. The molecule has 4 heterocycles. The van der Waals surface area contributed by atoms with E-state index in [1.807, 2.05) is 6.92 Å². The first-order chi connectivity index (χ1) is 15.8. The fourth-order valence-electron chi connectivity index (χ4n) is 3.48. The number of rotatable bonds is 8. The topological polar surface area (TPSA) is 184 Å². The first-order valence-electron chi connectivity index (χ1n) is 9.39. The van der Waals surface area contributed by atoms with Crippen LogP contribution in [0.15, 0.2) is 25.5 Å². The standard InChI is InChI=1S/C17H17N7O5S4/c1-6-21-22-17(33-6)32-5-31-9-3-2-8-11(14(26)24(8)12(9)15(27)28)20-13(25)10(23-29)7-4-30-16(18)19-7/h4,8,11,29H,2-3,5H2,1H3,(H2,18,19)(H,20,25)(H,27,28)/b23-10-/t8-,11-/m0/s1. The summed E-state index contributed by atoms with van der Waals surface area (Å²) in [5.74, 6) is -2.54. The van der Waals surface area contributed by atoms with Gasteiger partial charge in [-0.1, -0.05) is 28.3 Å². The maximum atomic E-state index is 12.8. The molecule has 0 saturated carbocycles. The zero-order chi connectivity index (χ0) is 23.7. The molecule has 2 aromatic rings. The number of carboxylic acid groups (broad SMARTS) is 1. The fourth-order valence-corrected chi connectivity index (χ4v) is 7.36. The molecule has 0 aliphatic carbocycles. The first kappa shape index (κ1) is 23.5. The molecule has 1 saturated heterocycles. The van der Waals surface area contributed by atoms with Crippen molar-refractivity contribution in [2.75, 3.05) is 10.8 Å². The van der Waals surface area contributed by atoms with Crippen LogP contribution in [-0.4, -0.2) is 71.1 Å². The van der Waals surface area contributed by atoms with Gasteiger partial charge in [0.1, 0.15) is 22.4 Å². The van der Waals surface area contributed by atoms with Crippen LogP contribution in [-0.2, 0) is 14.4 Å². The lowest BCUT2D eigenvalue weighted by Gasteiger charge is -2.50. The first-order valence-corrected chi connectivity index (χ1v) is 13.1. The Morgan fingerprint density at radius 2 is 2.18 bits per heavy atom. The summed E-state index contributed by atoms with van der Waals surface area (Å²) in [6.07, 6.45) is 0.931. The van der Waals surface area contributed by atoms with Crippen LogP contribution < -0.4 is 11.1 Å². The minimum atomic E-state index is -1.20. The molecule has 1 fully saturated rings. The van der Waals surface area contributed by atoms with Crippen LogP contribution in [0.1, 0.15) is 23.5 Å². The summed E-state index contributed by atoms with van der Waals surface area (Å²) in [5, 5.41) is 35.5. The Hall–Kier alpha value is -2.69. The second-order valence-electron chi connectivity index (χ2n) is 6.86. The van der Waals surface area contributed by atoms with Gasteiger partial charge in [-0.05, 0) is 19.8 Å². The molecule has 0 bridgehead atoms. The molecule has 2 aliphatic rings. The number of anilines is 1. The van der Waals surface area contributed by atoms with Gasteiger partial charge in [-0.25, -0.2) is 9.78 Å². The number of aryl methyl sites for hydroxylation is 1. The Balaban J connectivity index is 1.43. The van der Waals surface area contributed by atoms with Gasteiger partial charge in [0.15, 0.2) is 15.2 Å². The molecule has 2 aliphatic heterocycles. The van der Waals surface area contributed by atoms with Crippen LogP contribution in [0.25, 0.3) is 0 Å². The third-order valence-electron chi connectivity index (χ3n) is 4.88. The number of oxime groups is 1. The monoisotopic (exact) mass is 527 g/mol. The minimum absolute atomic E-state index is 0.0656. The van der Waals surface area contributed by atoms with Crippen LogP contribution in [0, 0.1) is 6.92 Å². The number of β-lactam (4-membered cyclic amide) rings is 1. The Bertz CT molecular complexity index is 1180. The summed E-state index contributed by atoms with van der Waals surface area (Å²) in [4.78, 5) is 43.0. The number of hydrogen-bond acceptors (Lipinski definition) is 13. The highest BCUT2D eigenvalue weighted by atomic mass is 32.2.